The summed E-state index contributed by atoms with van der Waals surface area (Å²) in [6.45, 7) is 1.48. The highest BCUT2D eigenvalue weighted by Crippen LogP contribution is 2.64. The number of benzene rings is 1. The standard InChI is InChI=1S/C16H14ClN2O7P/c1-15(17)13(19-8-7-10(20)18-14(19)21)24-11-12(16(11,15)22)26-27(23)25-9-5-3-2-4-6-9/h2-8,11-13,22H,1H3/p+1/t11-,12?,13-,15+,16+/m1/s1. The molecule has 1 saturated heterocycles. The van der Waals surface area contributed by atoms with Crippen LogP contribution in [0.1, 0.15) is 13.2 Å². The molecule has 2 unspecified atom stereocenters. The number of aliphatic hydroxyl groups is 1. The van der Waals surface area contributed by atoms with E-state index in [4.69, 9.17) is 25.4 Å². The van der Waals surface area contributed by atoms with Crippen molar-refractivity contribution < 1.29 is 23.5 Å². The van der Waals surface area contributed by atoms with Gasteiger partial charge in [-0.1, -0.05) is 18.2 Å². The van der Waals surface area contributed by atoms with Crippen LogP contribution in [0.15, 0.2) is 52.2 Å². The summed E-state index contributed by atoms with van der Waals surface area (Å²) in [6, 6.07) is 9.57. The van der Waals surface area contributed by atoms with E-state index in [1.807, 2.05) is 0 Å². The molecule has 0 bridgehead atoms. The maximum Gasteiger partial charge on any atom is 0.750 e. The van der Waals surface area contributed by atoms with Crippen LogP contribution in [-0.2, 0) is 13.8 Å². The summed E-state index contributed by atoms with van der Waals surface area (Å²) in [7, 11) is -2.58. The predicted molar refractivity (Wildman–Crippen MR) is 94.0 cm³/mol. The van der Waals surface area contributed by atoms with Crippen LogP contribution >= 0.6 is 19.9 Å². The van der Waals surface area contributed by atoms with E-state index in [2.05, 4.69) is 4.98 Å². The average molecular weight is 414 g/mol. The zero-order valence-electron chi connectivity index (χ0n) is 13.9. The van der Waals surface area contributed by atoms with Crippen molar-refractivity contribution in [2.45, 2.75) is 35.8 Å². The van der Waals surface area contributed by atoms with Gasteiger partial charge < -0.3 is 9.84 Å². The Morgan fingerprint density at radius 3 is 2.59 bits per heavy atom. The summed E-state index contributed by atoms with van der Waals surface area (Å²) in [5, 5.41) is 10.9. The molecular weight excluding hydrogens is 399 g/mol. The molecule has 2 fully saturated rings. The molecule has 2 aliphatic rings. The molecular formula is C16H15ClN2O7P+. The molecule has 1 aliphatic heterocycles. The van der Waals surface area contributed by atoms with Crippen LogP contribution in [0.3, 0.4) is 0 Å². The first-order valence-electron chi connectivity index (χ1n) is 8.00. The van der Waals surface area contributed by atoms with Crippen molar-refractivity contribution in [1.82, 2.24) is 9.55 Å². The maximum atomic E-state index is 12.1. The molecule has 9 nitrogen and oxygen atoms in total. The molecule has 0 amide bonds. The van der Waals surface area contributed by atoms with Crippen molar-refractivity contribution >= 4 is 19.9 Å². The molecule has 1 aromatic heterocycles. The molecule has 27 heavy (non-hydrogen) atoms. The molecule has 2 heterocycles. The van der Waals surface area contributed by atoms with Gasteiger partial charge >= 0.3 is 13.9 Å². The third kappa shape index (κ3) is 2.83. The first-order chi connectivity index (χ1) is 12.7. The summed E-state index contributed by atoms with van der Waals surface area (Å²) in [6.07, 6.45) is -1.70. The van der Waals surface area contributed by atoms with E-state index in [-0.39, 0.29) is 0 Å². The Morgan fingerprint density at radius 1 is 1.30 bits per heavy atom. The Bertz CT molecular complexity index is 1010. The van der Waals surface area contributed by atoms with Crippen molar-refractivity contribution in [2.24, 2.45) is 0 Å². The number of halogens is 1. The lowest BCUT2D eigenvalue weighted by Gasteiger charge is -2.31. The van der Waals surface area contributed by atoms with Crippen molar-refractivity contribution in [2.75, 3.05) is 0 Å². The fraction of sp³-hybridized carbons (Fsp3) is 0.375. The van der Waals surface area contributed by atoms with E-state index < -0.39 is 48.4 Å². The Morgan fingerprint density at radius 2 is 2.00 bits per heavy atom. The number of aromatic amines is 1. The molecule has 0 radical (unpaired) electrons. The van der Waals surface area contributed by atoms with Gasteiger partial charge in [-0.15, -0.1) is 16.1 Å². The van der Waals surface area contributed by atoms with Crippen LogP contribution in [-0.4, -0.2) is 37.3 Å². The number of rotatable bonds is 5. The van der Waals surface area contributed by atoms with Gasteiger partial charge in [0.05, 0.1) is 0 Å². The van der Waals surface area contributed by atoms with Gasteiger partial charge in [-0.3, -0.25) is 14.3 Å². The number of hydrogen-bond donors (Lipinski definition) is 2. The van der Waals surface area contributed by atoms with E-state index in [1.165, 1.54) is 13.1 Å². The Hall–Kier alpha value is -2.03. The molecule has 2 aromatic rings. The molecule has 4 rings (SSSR count). The van der Waals surface area contributed by atoms with Crippen LogP contribution in [0.4, 0.5) is 0 Å². The summed E-state index contributed by atoms with van der Waals surface area (Å²) >= 11 is 6.51. The van der Waals surface area contributed by atoms with Crippen LogP contribution in [0.25, 0.3) is 0 Å². The summed E-state index contributed by atoms with van der Waals surface area (Å²) in [4.78, 5) is 23.8. The van der Waals surface area contributed by atoms with Gasteiger partial charge in [0.2, 0.25) is 0 Å². The highest BCUT2D eigenvalue weighted by molar-refractivity contribution is 7.33. The summed E-state index contributed by atoms with van der Waals surface area (Å²) in [5.74, 6) is 0.351. The smallest absolute Gasteiger partial charge is 0.382 e. The van der Waals surface area contributed by atoms with E-state index in [0.717, 1.165) is 10.6 Å². The summed E-state index contributed by atoms with van der Waals surface area (Å²) in [5.41, 5.74) is -2.97. The molecule has 142 valence electrons. The quantitative estimate of drug-likeness (QED) is 0.560. The number of alkyl halides is 1. The first kappa shape index (κ1) is 18.3. The topological polar surface area (TPSA) is 120 Å². The number of ether oxygens (including phenoxy) is 1. The minimum atomic E-state index is -2.58. The maximum absolute atomic E-state index is 12.1. The van der Waals surface area contributed by atoms with Gasteiger partial charge in [0.15, 0.2) is 23.7 Å². The van der Waals surface area contributed by atoms with E-state index in [0.29, 0.717) is 5.75 Å². The average Bonchev–Trinajstić information content (AvgIpc) is 3.10. The van der Waals surface area contributed by atoms with E-state index >= 15 is 0 Å². The first-order valence-corrected chi connectivity index (χ1v) is 9.48. The second kappa shape index (κ2) is 6.25. The zero-order chi connectivity index (χ0) is 19.4. The Kier molecular flexibility index (Phi) is 4.25. The monoisotopic (exact) mass is 413 g/mol. The van der Waals surface area contributed by atoms with Gasteiger partial charge in [-0.05, 0) is 19.1 Å². The third-order valence-electron chi connectivity index (χ3n) is 4.78. The number of H-pyrrole nitrogens is 1. The second-order valence-electron chi connectivity index (χ2n) is 6.48. The Balaban J connectivity index is 1.50. The van der Waals surface area contributed by atoms with Crippen molar-refractivity contribution in [3.63, 3.8) is 0 Å². The van der Waals surface area contributed by atoms with Gasteiger partial charge in [-0.25, -0.2) is 9.32 Å². The molecule has 1 aliphatic carbocycles. The van der Waals surface area contributed by atoms with Crippen LogP contribution in [0.5, 0.6) is 5.75 Å². The predicted octanol–water partition coefficient (Wildman–Crippen LogP) is 1.30. The lowest BCUT2D eigenvalue weighted by atomic mass is 10.0. The minimum absolute atomic E-state index is 0.351. The number of nitrogens with one attached hydrogen (secondary N) is 1. The van der Waals surface area contributed by atoms with Crippen LogP contribution in [0.2, 0.25) is 0 Å². The van der Waals surface area contributed by atoms with E-state index in [9.17, 15) is 19.3 Å². The number of fused-ring (bicyclic) bond motifs is 1. The molecule has 1 aromatic carbocycles. The highest BCUT2D eigenvalue weighted by Gasteiger charge is 2.85. The van der Waals surface area contributed by atoms with E-state index in [1.54, 1.807) is 30.3 Å². The minimum Gasteiger partial charge on any atom is -0.382 e. The second-order valence-corrected chi connectivity index (χ2v) is 8.11. The molecule has 0 spiro atoms. The zero-order valence-corrected chi connectivity index (χ0v) is 15.6. The van der Waals surface area contributed by atoms with Crippen molar-refractivity contribution in [3.05, 3.63) is 63.4 Å². The number of para-hydroxylation sites is 1. The van der Waals surface area contributed by atoms with Gasteiger partial charge in [0.25, 0.3) is 5.56 Å². The number of hydrogen-bond acceptors (Lipinski definition) is 7. The normalized spacial score (nSPS) is 34.8. The van der Waals surface area contributed by atoms with Crippen LogP contribution < -0.4 is 15.8 Å². The Labute approximate surface area is 158 Å². The summed E-state index contributed by atoms with van der Waals surface area (Å²) < 4.78 is 29.3. The molecule has 1 saturated carbocycles. The molecule has 6 atom stereocenters. The highest BCUT2D eigenvalue weighted by atomic mass is 35.5. The third-order valence-corrected chi connectivity index (χ3v) is 6.03. The van der Waals surface area contributed by atoms with Gasteiger partial charge in [-0.2, -0.15) is 0 Å². The van der Waals surface area contributed by atoms with Gasteiger partial charge in [0.1, 0.15) is 11.0 Å². The fourth-order valence-electron chi connectivity index (χ4n) is 3.27. The van der Waals surface area contributed by atoms with Crippen molar-refractivity contribution in [1.29, 1.82) is 0 Å². The largest absolute Gasteiger partial charge is 0.750 e. The molecule has 11 heteroatoms. The van der Waals surface area contributed by atoms with Crippen LogP contribution in [0, 0.1) is 0 Å². The number of aromatic nitrogens is 2. The SMILES string of the molecule is C[C@]1(Cl)[C@H](n2ccc(=O)[nH]c2=O)O[C@@H]2C(O[P+](=O)Oc3ccccc3)[C@@]21O. The van der Waals surface area contributed by atoms with Gasteiger partial charge in [0, 0.05) is 16.8 Å². The van der Waals surface area contributed by atoms with Crippen molar-refractivity contribution in [3.8, 4) is 5.75 Å². The lowest BCUT2D eigenvalue weighted by Crippen LogP contribution is -2.47. The fourth-order valence-corrected chi connectivity index (χ4v) is 4.43. The lowest BCUT2D eigenvalue weighted by molar-refractivity contribution is -0.0311. The number of nitrogens with zero attached hydrogens (tertiary/aromatic N) is 1. The molecule has 2 N–H and O–H groups in total.